The molecule has 1 aromatic heterocycles. The lowest BCUT2D eigenvalue weighted by Gasteiger charge is -2.42. The number of fused-ring (bicyclic) bond motifs is 4. The number of rotatable bonds is 2. The van der Waals surface area contributed by atoms with Crippen LogP contribution in [-0.2, 0) is 10.8 Å². The van der Waals surface area contributed by atoms with E-state index in [4.69, 9.17) is 0 Å². The maximum Gasteiger partial charge on any atom is 0.207 e. The molecule has 3 heterocycles. The Hall–Kier alpha value is -4.58. The molecule has 5 aromatic rings. The molecule has 7 rings (SSSR count). The summed E-state index contributed by atoms with van der Waals surface area (Å²) in [6.45, 7) is 8.56. The summed E-state index contributed by atoms with van der Waals surface area (Å²) in [6, 6.07) is 31.2. The van der Waals surface area contributed by atoms with Gasteiger partial charge >= 0.3 is 0 Å². The lowest BCUT2D eigenvalue weighted by molar-refractivity contribution is 0.497. The smallest absolute Gasteiger partial charge is 0.207 e. The molecule has 0 saturated carbocycles. The highest BCUT2D eigenvalue weighted by Gasteiger charge is 2.41. The summed E-state index contributed by atoms with van der Waals surface area (Å²) in [5, 5.41) is 8.77. The second-order valence-electron chi connectivity index (χ2n) is 11.5. The molecule has 4 nitrogen and oxygen atoms in total. The zero-order valence-corrected chi connectivity index (χ0v) is 22.8. The molecule has 198 valence electrons. The van der Waals surface area contributed by atoms with E-state index in [1.807, 2.05) is 97.1 Å². The molecule has 4 aromatic carbocycles. The van der Waals surface area contributed by atoms with Crippen molar-refractivity contribution in [1.29, 1.82) is 0 Å². The largest absolute Gasteiger partial charge is 0.290 e. The Morgan fingerprint density at radius 3 is 0.975 bits per heavy atom. The lowest BCUT2D eigenvalue weighted by atomic mass is 9.73. The molecule has 0 N–H and O–H groups in total. The average Bonchev–Trinajstić information content (AvgIpc) is 2.97. The van der Waals surface area contributed by atoms with E-state index in [0.717, 1.165) is 45.0 Å². The van der Waals surface area contributed by atoms with E-state index < -0.39 is 11.6 Å². The minimum Gasteiger partial charge on any atom is -0.290 e. The highest BCUT2D eigenvalue weighted by molar-refractivity contribution is 5.87. The third-order valence-electron chi connectivity index (χ3n) is 8.52. The number of halogens is 2. The Bertz CT molecular complexity index is 1580. The van der Waals surface area contributed by atoms with Crippen LogP contribution in [0.25, 0.3) is 0 Å². The minimum absolute atomic E-state index is 0.171. The fourth-order valence-corrected chi connectivity index (χ4v) is 6.46. The molecule has 0 aliphatic carbocycles. The second-order valence-corrected chi connectivity index (χ2v) is 11.5. The van der Waals surface area contributed by atoms with Gasteiger partial charge in [-0.2, -0.15) is 8.78 Å². The van der Waals surface area contributed by atoms with Crippen molar-refractivity contribution in [3.8, 4) is 0 Å². The van der Waals surface area contributed by atoms with E-state index in [1.54, 1.807) is 9.80 Å². The highest BCUT2D eigenvalue weighted by Crippen LogP contribution is 2.54. The maximum absolute atomic E-state index is 16.3. The topological polar surface area (TPSA) is 32.3 Å². The molecule has 0 radical (unpaired) electrons. The Kier molecular flexibility index (Phi) is 5.17. The standard InChI is InChI=1S/C34H28F2N4/c1-33(2)21-13-5-9-17-25(21)39(26-18-10-6-14-22(26)33)31-29(35)30(36)32(38-37-31)40-27-19-11-7-15-23(27)34(3,4)24-16-8-12-20-28(24)40/h5-20H,1-4H3. The molecule has 0 bridgehead atoms. The number of hydrogen-bond donors (Lipinski definition) is 0. The Morgan fingerprint density at radius 1 is 0.450 bits per heavy atom. The van der Waals surface area contributed by atoms with Crippen LogP contribution in [-0.4, -0.2) is 10.2 Å². The van der Waals surface area contributed by atoms with Crippen LogP contribution >= 0.6 is 0 Å². The van der Waals surface area contributed by atoms with Crippen molar-refractivity contribution in [1.82, 2.24) is 10.2 Å². The van der Waals surface area contributed by atoms with Crippen molar-refractivity contribution in [2.45, 2.75) is 38.5 Å². The van der Waals surface area contributed by atoms with Crippen molar-refractivity contribution in [3.63, 3.8) is 0 Å². The molecule has 0 amide bonds. The van der Waals surface area contributed by atoms with Gasteiger partial charge in [0.2, 0.25) is 11.6 Å². The van der Waals surface area contributed by atoms with Crippen molar-refractivity contribution in [3.05, 3.63) is 131 Å². The normalized spacial score (nSPS) is 16.1. The average molecular weight is 531 g/mol. The van der Waals surface area contributed by atoms with Crippen LogP contribution in [0.2, 0.25) is 0 Å². The molecule has 40 heavy (non-hydrogen) atoms. The van der Waals surface area contributed by atoms with Crippen LogP contribution in [0, 0.1) is 11.6 Å². The van der Waals surface area contributed by atoms with Gasteiger partial charge in [0, 0.05) is 10.8 Å². The Balaban J connectivity index is 1.44. The summed E-state index contributed by atoms with van der Waals surface area (Å²) < 4.78 is 32.7. The van der Waals surface area contributed by atoms with Gasteiger partial charge in [0.05, 0.1) is 22.7 Å². The van der Waals surface area contributed by atoms with E-state index in [-0.39, 0.29) is 22.5 Å². The zero-order chi connectivity index (χ0) is 27.8. The van der Waals surface area contributed by atoms with E-state index in [2.05, 4.69) is 37.9 Å². The van der Waals surface area contributed by atoms with Gasteiger partial charge in [-0.25, -0.2) is 0 Å². The Labute approximate surface area is 232 Å². The fraction of sp³-hybridized carbons (Fsp3) is 0.176. The molecule has 0 saturated heterocycles. The van der Waals surface area contributed by atoms with Gasteiger partial charge in [-0.3, -0.25) is 9.80 Å². The van der Waals surface area contributed by atoms with E-state index in [0.29, 0.717) is 0 Å². The van der Waals surface area contributed by atoms with Crippen LogP contribution in [0.1, 0.15) is 49.9 Å². The summed E-state index contributed by atoms with van der Waals surface area (Å²) in [5.74, 6) is -2.44. The summed E-state index contributed by atoms with van der Waals surface area (Å²) in [6.07, 6.45) is 0. The van der Waals surface area contributed by atoms with E-state index >= 15 is 8.78 Å². The summed E-state index contributed by atoms with van der Waals surface area (Å²) in [7, 11) is 0. The number of hydrogen-bond acceptors (Lipinski definition) is 4. The third-order valence-corrected chi connectivity index (χ3v) is 8.52. The van der Waals surface area contributed by atoms with Crippen molar-refractivity contribution in [2.75, 3.05) is 9.80 Å². The van der Waals surface area contributed by atoms with Crippen molar-refractivity contribution < 1.29 is 8.78 Å². The van der Waals surface area contributed by atoms with Crippen LogP contribution in [0.3, 0.4) is 0 Å². The number of benzene rings is 4. The van der Waals surface area contributed by atoms with Gasteiger partial charge in [-0.05, 0) is 46.5 Å². The minimum atomic E-state index is -1.05. The quantitative estimate of drug-likeness (QED) is 0.228. The van der Waals surface area contributed by atoms with Crippen LogP contribution in [0.5, 0.6) is 0 Å². The number of aromatic nitrogens is 2. The Morgan fingerprint density at radius 2 is 0.700 bits per heavy atom. The fourth-order valence-electron chi connectivity index (χ4n) is 6.46. The van der Waals surface area contributed by atoms with E-state index in [9.17, 15) is 0 Å². The SMILES string of the molecule is CC1(C)c2ccccc2N(c2nnc(N3c4ccccc4C(C)(C)c4ccccc43)c(F)c2F)c2ccccc21. The van der Waals surface area contributed by atoms with Gasteiger partial charge in [0.1, 0.15) is 0 Å². The van der Waals surface area contributed by atoms with Crippen molar-refractivity contribution in [2.24, 2.45) is 0 Å². The molecule has 0 fully saturated rings. The zero-order valence-electron chi connectivity index (χ0n) is 22.8. The maximum atomic E-state index is 16.3. The first kappa shape index (κ1) is 24.5. The molecule has 0 unspecified atom stereocenters. The first-order valence-electron chi connectivity index (χ1n) is 13.4. The molecule has 2 aliphatic heterocycles. The lowest BCUT2D eigenvalue weighted by Crippen LogP contribution is -2.33. The van der Waals surface area contributed by atoms with Crippen LogP contribution in [0.4, 0.5) is 43.2 Å². The first-order valence-corrected chi connectivity index (χ1v) is 13.4. The molecule has 0 spiro atoms. The molecular formula is C34H28F2N4. The monoisotopic (exact) mass is 530 g/mol. The predicted molar refractivity (Wildman–Crippen MR) is 156 cm³/mol. The highest BCUT2D eigenvalue weighted by atomic mass is 19.2. The van der Waals surface area contributed by atoms with Crippen LogP contribution in [0.15, 0.2) is 97.1 Å². The molecule has 0 atom stereocenters. The van der Waals surface area contributed by atoms with Crippen LogP contribution < -0.4 is 9.80 Å². The van der Waals surface area contributed by atoms with Gasteiger partial charge in [-0.1, -0.05) is 100 Å². The molecule has 6 heteroatoms. The summed E-state index contributed by atoms with van der Waals surface area (Å²) in [4.78, 5) is 3.37. The molecular weight excluding hydrogens is 502 g/mol. The van der Waals surface area contributed by atoms with E-state index in [1.165, 1.54) is 0 Å². The van der Waals surface area contributed by atoms with Gasteiger partial charge in [0.25, 0.3) is 0 Å². The first-order chi connectivity index (χ1) is 19.2. The second kappa shape index (κ2) is 8.46. The van der Waals surface area contributed by atoms with Crippen molar-refractivity contribution >= 4 is 34.4 Å². The van der Waals surface area contributed by atoms with Gasteiger partial charge in [-0.15, -0.1) is 10.2 Å². The number of para-hydroxylation sites is 4. The van der Waals surface area contributed by atoms with Gasteiger partial charge in [0.15, 0.2) is 11.6 Å². The molecule has 2 aliphatic rings. The summed E-state index contributed by atoms with van der Waals surface area (Å²) in [5.41, 5.74) is 6.34. The van der Waals surface area contributed by atoms with Gasteiger partial charge < -0.3 is 0 Å². The predicted octanol–water partition coefficient (Wildman–Crippen LogP) is 8.97. The number of anilines is 6. The third kappa shape index (κ3) is 3.22. The number of nitrogens with zero attached hydrogens (tertiary/aromatic N) is 4. The summed E-state index contributed by atoms with van der Waals surface area (Å²) >= 11 is 0.